The van der Waals surface area contributed by atoms with Crippen molar-refractivity contribution in [3.05, 3.63) is 58.1 Å². The third kappa shape index (κ3) is 6.13. The fourth-order valence-electron chi connectivity index (χ4n) is 4.42. The average molecular weight is 492 g/mol. The van der Waals surface area contributed by atoms with Gasteiger partial charge in [0.1, 0.15) is 0 Å². The van der Waals surface area contributed by atoms with E-state index in [-0.39, 0.29) is 12.6 Å². The Hall–Kier alpha value is -2.42. The molecule has 2 amide bonds. The molecule has 1 atom stereocenters. The minimum absolute atomic E-state index is 0.204. The molecule has 0 aliphatic carbocycles. The number of hydrogen-bond donors (Lipinski definition) is 2. The van der Waals surface area contributed by atoms with Gasteiger partial charge in [-0.2, -0.15) is 4.31 Å². The minimum atomic E-state index is -3.67. The van der Waals surface area contributed by atoms with Crippen molar-refractivity contribution in [3.8, 4) is 0 Å². The first-order valence-electron chi connectivity index (χ1n) is 11.0. The number of aryl methyl sites for hydroxylation is 3. The molecule has 7 nitrogen and oxygen atoms in total. The fraction of sp³-hybridized carbons (Fsp3) is 0.417. The Morgan fingerprint density at radius 3 is 2.30 bits per heavy atom. The van der Waals surface area contributed by atoms with Gasteiger partial charge in [0.2, 0.25) is 10.0 Å². The summed E-state index contributed by atoms with van der Waals surface area (Å²) in [5.41, 5.74) is 2.97. The molecule has 2 aromatic rings. The van der Waals surface area contributed by atoms with Gasteiger partial charge in [0.15, 0.2) is 0 Å². The number of nitrogens with zero attached hydrogens (tertiary/aromatic N) is 1. The van der Waals surface area contributed by atoms with E-state index in [4.69, 9.17) is 11.6 Å². The first-order chi connectivity index (χ1) is 15.6. The van der Waals surface area contributed by atoms with Gasteiger partial charge in [-0.25, -0.2) is 8.42 Å². The van der Waals surface area contributed by atoms with E-state index in [0.717, 1.165) is 36.0 Å². The number of carbonyl (C=O) groups is 2. The molecule has 33 heavy (non-hydrogen) atoms. The first kappa shape index (κ1) is 25.2. The molecule has 178 valence electrons. The number of piperidine rings is 1. The SMILES string of the molecule is Cc1cc(C)c(S(=O)(=O)N2CCCC[C@@H]2CCNC(=O)C(=O)Nc2ccc(Cl)cc2)c(C)c1. The zero-order valence-corrected chi connectivity index (χ0v) is 20.7. The Kier molecular flexibility index (Phi) is 8.15. The second kappa shape index (κ2) is 10.7. The van der Waals surface area contributed by atoms with Gasteiger partial charge >= 0.3 is 11.8 Å². The molecule has 0 saturated carbocycles. The Labute approximate surface area is 200 Å². The maximum atomic E-state index is 13.5. The molecule has 9 heteroatoms. The summed E-state index contributed by atoms with van der Waals surface area (Å²) in [6.45, 7) is 6.25. The second-order valence-electron chi connectivity index (χ2n) is 8.50. The topological polar surface area (TPSA) is 95.6 Å². The molecule has 0 unspecified atom stereocenters. The predicted octanol–water partition coefficient (Wildman–Crippen LogP) is 3.95. The molecule has 1 fully saturated rings. The number of anilines is 1. The number of carbonyl (C=O) groups excluding carboxylic acids is 2. The summed E-state index contributed by atoms with van der Waals surface area (Å²) in [7, 11) is -3.67. The van der Waals surface area contributed by atoms with Crippen molar-refractivity contribution in [2.24, 2.45) is 0 Å². The lowest BCUT2D eigenvalue weighted by molar-refractivity contribution is -0.136. The summed E-state index contributed by atoms with van der Waals surface area (Å²) in [4.78, 5) is 24.7. The Morgan fingerprint density at radius 2 is 1.67 bits per heavy atom. The van der Waals surface area contributed by atoms with E-state index in [9.17, 15) is 18.0 Å². The van der Waals surface area contributed by atoms with Gasteiger partial charge in [-0.15, -0.1) is 0 Å². The van der Waals surface area contributed by atoms with Crippen LogP contribution in [0.25, 0.3) is 0 Å². The van der Waals surface area contributed by atoms with Crippen LogP contribution >= 0.6 is 11.6 Å². The number of rotatable bonds is 6. The third-order valence-electron chi connectivity index (χ3n) is 5.82. The summed E-state index contributed by atoms with van der Waals surface area (Å²) >= 11 is 5.82. The molecule has 0 aromatic heterocycles. The van der Waals surface area contributed by atoms with E-state index in [0.29, 0.717) is 28.6 Å². The molecule has 1 aliphatic heterocycles. The van der Waals surface area contributed by atoms with Crippen LogP contribution in [0, 0.1) is 20.8 Å². The molecule has 2 aromatic carbocycles. The largest absolute Gasteiger partial charge is 0.348 e. The van der Waals surface area contributed by atoms with Crippen LogP contribution in [0.15, 0.2) is 41.3 Å². The summed E-state index contributed by atoms with van der Waals surface area (Å²) < 4.78 is 28.7. The number of nitrogens with one attached hydrogen (secondary N) is 2. The van der Waals surface area contributed by atoms with Crippen LogP contribution in [0.4, 0.5) is 5.69 Å². The van der Waals surface area contributed by atoms with E-state index < -0.39 is 21.8 Å². The molecule has 0 spiro atoms. The van der Waals surface area contributed by atoms with E-state index in [1.54, 1.807) is 28.6 Å². The molecular formula is C24H30ClN3O4S. The maximum Gasteiger partial charge on any atom is 0.313 e. The van der Waals surface area contributed by atoms with Crippen molar-refractivity contribution in [1.82, 2.24) is 9.62 Å². The van der Waals surface area contributed by atoms with Crippen molar-refractivity contribution in [3.63, 3.8) is 0 Å². The Morgan fingerprint density at radius 1 is 1.03 bits per heavy atom. The van der Waals surface area contributed by atoms with Crippen molar-refractivity contribution in [2.45, 2.75) is 57.4 Å². The molecule has 1 aliphatic rings. The summed E-state index contributed by atoms with van der Waals surface area (Å²) in [6, 6.07) is 9.98. The number of benzene rings is 2. The van der Waals surface area contributed by atoms with Crippen LogP contribution in [0.1, 0.15) is 42.4 Å². The molecule has 0 radical (unpaired) electrons. The standard InChI is InChI=1S/C24H30ClN3O4S/c1-16-14-17(2)22(18(3)15-16)33(31,32)28-13-5-4-6-21(28)11-12-26-23(29)24(30)27-20-9-7-19(25)8-10-20/h7-10,14-15,21H,4-6,11-13H2,1-3H3,(H,26,29)(H,27,30)/t21-/m1/s1. The summed E-state index contributed by atoms with van der Waals surface area (Å²) in [5.74, 6) is -1.54. The lowest BCUT2D eigenvalue weighted by Gasteiger charge is -2.35. The number of sulfonamides is 1. The normalized spacial score (nSPS) is 16.9. The molecule has 3 rings (SSSR count). The molecule has 1 saturated heterocycles. The van der Waals surface area contributed by atoms with Gasteiger partial charge in [0.25, 0.3) is 0 Å². The summed E-state index contributed by atoms with van der Waals surface area (Å²) in [5, 5.41) is 5.65. The van der Waals surface area contributed by atoms with Gasteiger partial charge in [-0.05, 0) is 75.4 Å². The second-order valence-corrected chi connectivity index (χ2v) is 10.8. The van der Waals surface area contributed by atoms with Gasteiger partial charge in [0, 0.05) is 29.8 Å². The molecular weight excluding hydrogens is 462 g/mol. The van der Waals surface area contributed by atoms with E-state index in [2.05, 4.69) is 10.6 Å². The molecule has 0 bridgehead atoms. The molecule has 2 N–H and O–H groups in total. The van der Waals surface area contributed by atoms with E-state index >= 15 is 0 Å². The highest BCUT2D eigenvalue weighted by molar-refractivity contribution is 7.89. The van der Waals surface area contributed by atoms with Gasteiger partial charge in [-0.1, -0.05) is 35.7 Å². The highest BCUT2D eigenvalue weighted by Gasteiger charge is 2.35. The highest BCUT2D eigenvalue weighted by atomic mass is 35.5. The van der Waals surface area contributed by atoms with Crippen LogP contribution in [-0.4, -0.2) is 43.7 Å². The zero-order chi connectivity index (χ0) is 24.2. The summed E-state index contributed by atoms with van der Waals surface area (Å²) in [6.07, 6.45) is 2.88. The minimum Gasteiger partial charge on any atom is -0.348 e. The average Bonchev–Trinajstić information content (AvgIpc) is 2.74. The lowest BCUT2D eigenvalue weighted by Crippen LogP contribution is -2.46. The Bertz CT molecular complexity index is 1110. The quantitative estimate of drug-likeness (QED) is 0.598. The first-order valence-corrected chi connectivity index (χ1v) is 12.9. The van der Waals surface area contributed by atoms with Crippen LogP contribution in [0.2, 0.25) is 5.02 Å². The number of amides is 2. The smallest absolute Gasteiger partial charge is 0.313 e. The van der Waals surface area contributed by atoms with Crippen LogP contribution in [-0.2, 0) is 19.6 Å². The van der Waals surface area contributed by atoms with E-state index in [1.165, 1.54) is 0 Å². The van der Waals surface area contributed by atoms with Crippen LogP contribution in [0.3, 0.4) is 0 Å². The van der Waals surface area contributed by atoms with Crippen molar-refractivity contribution in [2.75, 3.05) is 18.4 Å². The third-order valence-corrected chi connectivity index (χ3v) is 8.33. The fourth-order valence-corrected chi connectivity index (χ4v) is 6.69. The Balaban J connectivity index is 1.63. The van der Waals surface area contributed by atoms with Gasteiger partial charge in [0.05, 0.1) is 4.90 Å². The van der Waals surface area contributed by atoms with Crippen LogP contribution in [0.5, 0.6) is 0 Å². The van der Waals surface area contributed by atoms with Gasteiger partial charge in [-0.3, -0.25) is 9.59 Å². The van der Waals surface area contributed by atoms with Crippen molar-refractivity contribution < 1.29 is 18.0 Å². The predicted molar refractivity (Wildman–Crippen MR) is 130 cm³/mol. The lowest BCUT2D eigenvalue weighted by atomic mass is 10.0. The van der Waals surface area contributed by atoms with Crippen LogP contribution < -0.4 is 10.6 Å². The maximum absolute atomic E-state index is 13.5. The monoisotopic (exact) mass is 491 g/mol. The number of hydrogen-bond acceptors (Lipinski definition) is 4. The van der Waals surface area contributed by atoms with Crippen molar-refractivity contribution >= 4 is 39.1 Å². The van der Waals surface area contributed by atoms with Gasteiger partial charge < -0.3 is 10.6 Å². The van der Waals surface area contributed by atoms with Crippen molar-refractivity contribution in [1.29, 1.82) is 0 Å². The molecule has 1 heterocycles. The zero-order valence-electron chi connectivity index (χ0n) is 19.2. The van der Waals surface area contributed by atoms with E-state index in [1.807, 2.05) is 32.9 Å². The number of halogens is 1. The highest BCUT2D eigenvalue weighted by Crippen LogP contribution is 2.31.